The number of aliphatic hydroxyl groups is 2. The Bertz CT molecular complexity index is 372. The minimum Gasteiger partial charge on any atom is -0.394 e. The smallest absolute Gasteiger partial charge is 0.133 e. The van der Waals surface area contributed by atoms with E-state index in [0.29, 0.717) is 23.9 Å². The van der Waals surface area contributed by atoms with Crippen LogP contribution in [0.2, 0.25) is 0 Å². The summed E-state index contributed by atoms with van der Waals surface area (Å²) < 4.78 is 0. The molecule has 0 aromatic carbocycles. The van der Waals surface area contributed by atoms with Gasteiger partial charge in [-0.25, -0.2) is 9.97 Å². The maximum atomic E-state index is 9.38. The molecule has 18 heavy (non-hydrogen) atoms. The van der Waals surface area contributed by atoms with Crippen LogP contribution in [0, 0.1) is 0 Å². The molecule has 0 amide bonds. The van der Waals surface area contributed by atoms with Crippen LogP contribution in [0.5, 0.6) is 0 Å². The molecule has 1 aromatic rings. The maximum Gasteiger partial charge on any atom is 0.133 e. The van der Waals surface area contributed by atoms with Crippen molar-refractivity contribution in [3.8, 4) is 0 Å². The lowest BCUT2D eigenvalue weighted by molar-refractivity contribution is 0.132. The second-order valence-corrected chi connectivity index (χ2v) is 4.42. The van der Waals surface area contributed by atoms with E-state index in [2.05, 4.69) is 15.3 Å². The van der Waals surface area contributed by atoms with Crippen molar-refractivity contribution in [2.45, 2.75) is 38.6 Å². The quantitative estimate of drug-likeness (QED) is 0.566. The predicted octanol–water partition coefficient (Wildman–Crippen LogP) is 0.557. The molecule has 0 unspecified atom stereocenters. The van der Waals surface area contributed by atoms with Crippen LogP contribution in [0.25, 0.3) is 0 Å². The topological polar surface area (TPSA) is 104 Å². The van der Waals surface area contributed by atoms with Gasteiger partial charge in [0.05, 0.1) is 18.8 Å². The Morgan fingerprint density at radius 1 is 1.28 bits per heavy atom. The number of aryl methyl sites for hydroxylation is 1. The third kappa shape index (κ3) is 3.54. The highest BCUT2D eigenvalue weighted by molar-refractivity contribution is 5.46. The first-order chi connectivity index (χ1) is 8.59. The number of aromatic nitrogens is 2. The normalized spacial score (nSPS) is 11.6. The molecule has 0 aliphatic heterocycles. The Morgan fingerprint density at radius 2 is 1.94 bits per heavy atom. The standard InChI is InChI=1S/C12H22N4O2/c1-3-5-10-14-9(13)6-11(15-10)16-12(4-2,7-17)8-18/h6,17-18H,3-5,7-8H2,1-2H3,(H3,13,14,15,16). The summed E-state index contributed by atoms with van der Waals surface area (Å²) in [6, 6.07) is 1.61. The van der Waals surface area contributed by atoms with E-state index in [1.165, 1.54) is 0 Å². The first-order valence-electron chi connectivity index (χ1n) is 6.22. The van der Waals surface area contributed by atoms with Gasteiger partial charge in [0.2, 0.25) is 0 Å². The molecule has 1 heterocycles. The lowest BCUT2D eigenvalue weighted by Crippen LogP contribution is -2.45. The molecule has 1 rings (SSSR count). The molecule has 6 nitrogen and oxygen atoms in total. The van der Waals surface area contributed by atoms with E-state index in [9.17, 15) is 10.2 Å². The monoisotopic (exact) mass is 254 g/mol. The molecule has 0 atom stereocenters. The highest BCUT2D eigenvalue weighted by Gasteiger charge is 2.26. The molecule has 0 aliphatic rings. The fourth-order valence-corrected chi connectivity index (χ4v) is 1.63. The second kappa shape index (κ2) is 6.51. The van der Waals surface area contributed by atoms with Crippen LogP contribution < -0.4 is 11.1 Å². The van der Waals surface area contributed by atoms with Crippen LogP contribution in [0.1, 0.15) is 32.5 Å². The molecule has 5 N–H and O–H groups in total. The second-order valence-electron chi connectivity index (χ2n) is 4.42. The van der Waals surface area contributed by atoms with Crippen LogP contribution in [0.4, 0.5) is 11.6 Å². The van der Waals surface area contributed by atoms with Gasteiger partial charge in [-0.3, -0.25) is 0 Å². The van der Waals surface area contributed by atoms with E-state index in [4.69, 9.17) is 5.73 Å². The van der Waals surface area contributed by atoms with E-state index < -0.39 is 5.54 Å². The van der Waals surface area contributed by atoms with Gasteiger partial charge in [-0.1, -0.05) is 13.8 Å². The lowest BCUT2D eigenvalue weighted by atomic mass is 9.98. The van der Waals surface area contributed by atoms with Crippen LogP contribution in [-0.2, 0) is 6.42 Å². The summed E-state index contributed by atoms with van der Waals surface area (Å²) in [6.45, 7) is 3.58. The van der Waals surface area contributed by atoms with Crippen LogP contribution in [0.15, 0.2) is 6.07 Å². The fourth-order valence-electron chi connectivity index (χ4n) is 1.63. The number of nitrogens with zero attached hydrogens (tertiary/aromatic N) is 2. The van der Waals surface area contributed by atoms with Crippen molar-refractivity contribution in [2.24, 2.45) is 0 Å². The molecule has 0 spiro atoms. The van der Waals surface area contributed by atoms with Gasteiger partial charge >= 0.3 is 0 Å². The zero-order valence-corrected chi connectivity index (χ0v) is 11.0. The van der Waals surface area contributed by atoms with Gasteiger partial charge in [0, 0.05) is 12.5 Å². The number of nitrogen functional groups attached to an aromatic ring is 1. The van der Waals surface area contributed by atoms with Crippen LogP contribution in [-0.4, -0.2) is 38.9 Å². The Kier molecular flexibility index (Phi) is 5.30. The van der Waals surface area contributed by atoms with Gasteiger partial charge in [-0.2, -0.15) is 0 Å². The average molecular weight is 254 g/mol. The van der Waals surface area contributed by atoms with Crippen molar-refractivity contribution in [3.05, 3.63) is 11.9 Å². The third-order valence-electron chi connectivity index (χ3n) is 2.94. The van der Waals surface area contributed by atoms with Crippen molar-refractivity contribution in [2.75, 3.05) is 24.3 Å². The SMILES string of the molecule is CCCc1nc(N)cc(NC(CC)(CO)CO)n1. The van der Waals surface area contributed by atoms with E-state index in [-0.39, 0.29) is 13.2 Å². The minimum atomic E-state index is -0.774. The molecule has 0 saturated carbocycles. The third-order valence-corrected chi connectivity index (χ3v) is 2.94. The summed E-state index contributed by atoms with van der Waals surface area (Å²) >= 11 is 0. The Morgan fingerprint density at radius 3 is 2.44 bits per heavy atom. The zero-order chi connectivity index (χ0) is 13.6. The molecule has 0 aliphatic carbocycles. The van der Waals surface area contributed by atoms with Gasteiger partial charge in [0.1, 0.15) is 17.5 Å². The molecule has 0 radical (unpaired) electrons. The van der Waals surface area contributed by atoms with E-state index in [1.54, 1.807) is 6.07 Å². The maximum absolute atomic E-state index is 9.38. The Labute approximate surface area is 107 Å². The summed E-state index contributed by atoms with van der Waals surface area (Å²) in [5.41, 5.74) is 4.94. The van der Waals surface area contributed by atoms with Crippen molar-refractivity contribution < 1.29 is 10.2 Å². The van der Waals surface area contributed by atoms with Crippen molar-refractivity contribution in [1.29, 1.82) is 0 Å². The number of nitrogens with one attached hydrogen (secondary N) is 1. The summed E-state index contributed by atoms with van der Waals surface area (Å²) in [5.74, 6) is 1.59. The molecule has 0 bridgehead atoms. The van der Waals surface area contributed by atoms with E-state index >= 15 is 0 Å². The number of anilines is 2. The van der Waals surface area contributed by atoms with E-state index in [1.807, 2.05) is 13.8 Å². The molecular formula is C12H22N4O2. The zero-order valence-electron chi connectivity index (χ0n) is 11.0. The number of rotatable bonds is 7. The molecule has 102 valence electrons. The molecule has 6 heteroatoms. The summed E-state index contributed by atoms with van der Waals surface area (Å²) in [6.07, 6.45) is 2.26. The predicted molar refractivity (Wildman–Crippen MR) is 71.3 cm³/mol. The lowest BCUT2D eigenvalue weighted by Gasteiger charge is -2.30. The van der Waals surface area contributed by atoms with Gasteiger partial charge < -0.3 is 21.3 Å². The van der Waals surface area contributed by atoms with Gasteiger partial charge in [0.15, 0.2) is 0 Å². The van der Waals surface area contributed by atoms with Gasteiger partial charge in [-0.15, -0.1) is 0 Å². The largest absolute Gasteiger partial charge is 0.394 e. The number of hydrogen-bond donors (Lipinski definition) is 4. The molecule has 0 saturated heterocycles. The van der Waals surface area contributed by atoms with Crippen LogP contribution in [0.3, 0.4) is 0 Å². The van der Waals surface area contributed by atoms with Crippen molar-refractivity contribution in [1.82, 2.24) is 9.97 Å². The number of hydrogen-bond acceptors (Lipinski definition) is 6. The van der Waals surface area contributed by atoms with Crippen molar-refractivity contribution in [3.63, 3.8) is 0 Å². The number of nitrogens with two attached hydrogens (primary N) is 1. The Balaban J connectivity index is 2.95. The van der Waals surface area contributed by atoms with Crippen molar-refractivity contribution >= 4 is 11.6 Å². The highest BCUT2D eigenvalue weighted by Crippen LogP contribution is 2.18. The number of aliphatic hydroxyl groups excluding tert-OH is 2. The Hall–Kier alpha value is -1.40. The molecule has 0 fully saturated rings. The van der Waals surface area contributed by atoms with Crippen LogP contribution >= 0.6 is 0 Å². The molecular weight excluding hydrogens is 232 g/mol. The average Bonchev–Trinajstić information content (AvgIpc) is 2.36. The first-order valence-corrected chi connectivity index (χ1v) is 6.22. The fraction of sp³-hybridized carbons (Fsp3) is 0.667. The molecule has 1 aromatic heterocycles. The summed E-state index contributed by atoms with van der Waals surface area (Å²) in [5, 5.41) is 21.8. The summed E-state index contributed by atoms with van der Waals surface area (Å²) in [4.78, 5) is 8.46. The van der Waals surface area contributed by atoms with Gasteiger partial charge in [-0.05, 0) is 12.8 Å². The van der Waals surface area contributed by atoms with E-state index in [0.717, 1.165) is 12.8 Å². The summed E-state index contributed by atoms with van der Waals surface area (Å²) in [7, 11) is 0. The first kappa shape index (κ1) is 14.7. The highest BCUT2D eigenvalue weighted by atomic mass is 16.3. The minimum absolute atomic E-state index is 0.174. The van der Waals surface area contributed by atoms with Gasteiger partial charge in [0.25, 0.3) is 0 Å².